The smallest absolute Gasteiger partial charge is 0.0108 e. The lowest BCUT2D eigenvalue weighted by molar-refractivity contribution is 0.411. The SMILES string of the molecule is CC(N)C1(c2cccc(C3CCN(C)C3)c2)CC1. The van der Waals surface area contributed by atoms with Crippen molar-refractivity contribution in [1.82, 2.24) is 4.90 Å². The van der Waals surface area contributed by atoms with Crippen molar-refractivity contribution in [2.24, 2.45) is 5.73 Å². The van der Waals surface area contributed by atoms with Crippen molar-refractivity contribution in [1.29, 1.82) is 0 Å². The van der Waals surface area contributed by atoms with Crippen LogP contribution in [0.15, 0.2) is 24.3 Å². The molecule has 2 aliphatic rings. The van der Waals surface area contributed by atoms with Gasteiger partial charge in [0.05, 0.1) is 0 Å². The summed E-state index contributed by atoms with van der Waals surface area (Å²) in [6.07, 6.45) is 3.82. The molecule has 1 heterocycles. The van der Waals surface area contributed by atoms with Gasteiger partial charge in [0.1, 0.15) is 0 Å². The average Bonchev–Trinajstić information content (AvgIpc) is 3.07. The number of benzene rings is 1. The van der Waals surface area contributed by atoms with Crippen LogP contribution in [-0.2, 0) is 5.41 Å². The number of rotatable bonds is 3. The molecule has 1 aromatic rings. The third kappa shape index (κ3) is 1.98. The first-order valence-electron chi connectivity index (χ1n) is 7.16. The monoisotopic (exact) mass is 244 g/mol. The van der Waals surface area contributed by atoms with E-state index in [1.165, 1.54) is 43.5 Å². The van der Waals surface area contributed by atoms with Crippen LogP contribution in [0.3, 0.4) is 0 Å². The summed E-state index contributed by atoms with van der Waals surface area (Å²) in [6, 6.07) is 9.51. The Bertz CT molecular complexity index is 434. The summed E-state index contributed by atoms with van der Waals surface area (Å²) in [6.45, 7) is 4.59. The predicted octanol–water partition coefficient (Wildman–Crippen LogP) is 2.48. The molecule has 2 atom stereocenters. The molecule has 2 nitrogen and oxygen atoms in total. The van der Waals surface area contributed by atoms with Gasteiger partial charge in [0, 0.05) is 18.0 Å². The Morgan fingerprint density at radius 1 is 1.39 bits per heavy atom. The molecule has 2 fully saturated rings. The number of hydrogen-bond acceptors (Lipinski definition) is 2. The van der Waals surface area contributed by atoms with Crippen LogP contribution in [0.2, 0.25) is 0 Å². The molecule has 18 heavy (non-hydrogen) atoms. The molecule has 3 rings (SSSR count). The van der Waals surface area contributed by atoms with E-state index in [0.29, 0.717) is 5.41 Å². The lowest BCUT2D eigenvalue weighted by Gasteiger charge is -2.22. The molecule has 1 aliphatic carbocycles. The van der Waals surface area contributed by atoms with Crippen molar-refractivity contribution in [3.8, 4) is 0 Å². The Balaban J connectivity index is 1.86. The van der Waals surface area contributed by atoms with Gasteiger partial charge >= 0.3 is 0 Å². The van der Waals surface area contributed by atoms with Crippen molar-refractivity contribution in [2.75, 3.05) is 20.1 Å². The fourth-order valence-electron chi connectivity index (χ4n) is 3.45. The van der Waals surface area contributed by atoms with Crippen LogP contribution in [0.25, 0.3) is 0 Å². The standard InChI is InChI=1S/C16H24N2/c1-12(17)16(7-8-16)15-5-3-4-13(10-15)14-6-9-18(2)11-14/h3-5,10,12,14H,6-9,11,17H2,1-2H3. The van der Waals surface area contributed by atoms with E-state index in [1.54, 1.807) is 0 Å². The van der Waals surface area contributed by atoms with Crippen LogP contribution in [0.1, 0.15) is 43.2 Å². The van der Waals surface area contributed by atoms with Crippen molar-refractivity contribution in [3.63, 3.8) is 0 Å². The van der Waals surface area contributed by atoms with Crippen LogP contribution < -0.4 is 5.73 Å². The fourth-order valence-corrected chi connectivity index (χ4v) is 3.45. The number of nitrogens with zero attached hydrogens (tertiary/aromatic N) is 1. The summed E-state index contributed by atoms with van der Waals surface area (Å²) in [5.41, 5.74) is 9.47. The highest BCUT2D eigenvalue weighted by atomic mass is 15.1. The van der Waals surface area contributed by atoms with Crippen molar-refractivity contribution in [3.05, 3.63) is 35.4 Å². The summed E-state index contributed by atoms with van der Waals surface area (Å²) in [5.74, 6) is 0.721. The number of hydrogen-bond donors (Lipinski definition) is 1. The molecular weight excluding hydrogens is 220 g/mol. The van der Waals surface area contributed by atoms with E-state index in [4.69, 9.17) is 5.73 Å². The van der Waals surface area contributed by atoms with Crippen LogP contribution in [-0.4, -0.2) is 31.1 Å². The molecule has 0 radical (unpaired) electrons. The quantitative estimate of drug-likeness (QED) is 0.885. The highest BCUT2D eigenvalue weighted by Crippen LogP contribution is 2.50. The third-order valence-electron chi connectivity index (χ3n) is 4.98. The molecule has 0 amide bonds. The Kier molecular flexibility index (Phi) is 2.95. The molecule has 1 aliphatic heterocycles. The van der Waals surface area contributed by atoms with Crippen molar-refractivity contribution >= 4 is 0 Å². The van der Waals surface area contributed by atoms with Crippen LogP contribution >= 0.6 is 0 Å². The van der Waals surface area contributed by atoms with Gasteiger partial charge in [-0.05, 0) is 56.8 Å². The molecule has 2 unspecified atom stereocenters. The summed E-state index contributed by atoms with van der Waals surface area (Å²) in [5, 5.41) is 0. The molecule has 1 aromatic carbocycles. The summed E-state index contributed by atoms with van der Waals surface area (Å²) >= 11 is 0. The predicted molar refractivity (Wildman–Crippen MR) is 75.9 cm³/mol. The van der Waals surface area contributed by atoms with Crippen molar-refractivity contribution < 1.29 is 0 Å². The maximum atomic E-state index is 6.18. The Hall–Kier alpha value is -0.860. The normalized spacial score (nSPS) is 28.3. The zero-order valence-electron chi connectivity index (χ0n) is 11.5. The Morgan fingerprint density at radius 3 is 2.72 bits per heavy atom. The molecule has 98 valence electrons. The van der Waals surface area contributed by atoms with Crippen LogP contribution in [0.4, 0.5) is 0 Å². The highest BCUT2D eigenvalue weighted by Gasteiger charge is 2.47. The molecule has 0 aromatic heterocycles. The Morgan fingerprint density at radius 2 is 2.17 bits per heavy atom. The summed E-state index contributed by atoms with van der Waals surface area (Å²) in [7, 11) is 2.22. The van der Waals surface area contributed by atoms with E-state index < -0.39 is 0 Å². The van der Waals surface area contributed by atoms with Gasteiger partial charge in [-0.1, -0.05) is 24.3 Å². The van der Waals surface area contributed by atoms with E-state index in [-0.39, 0.29) is 6.04 Å². The number of likely N-dealkylation sites (N-methyl/N-ethyl adjacent to an activating group) is 1. The Labute approximate surface area is 110 Å². The largest absolute Gasteiger partial charge is 0.327 e. The third-order valence-corrected chi connectivity index (χ3v) is 4.98. The van der Waals surface area contributed by atoms with Crippen LogP contribution in [0.5, 0.6) is 0 Å². The van der Waals surface area contributed by atoms with E-state index in [1.807, 2.05) is 0 Å². The van der Waals surface area contributed by atoms with Gasteiger partial charge in [-0.2, -0.15) is 0 Å². The maximum absolute atomic E-state index is 6.18. The van der Waals surface area contributed by atoms with Gasteiger partial charge in [0.25, 0.3) is 0 Å². The zero-order chi connectivity index (χ0) is 12.8. The average molecular weight is 244 g/mol. The maximum Gasteiger partial charge on any atom is 0.0108 e. The number of nitrogens with two attached hydrogens (primary N) is 1. The first-order valence-corrected chi connectivity index (χ1v) is 7.16. The highest BCUT2D eigenvalue weighted by molar-refractivity contribution is 5.38. The minimum atomic E-state index is 0.277. The van der Waals surface area contributed by atoms with Crippen molar-refractivity contribution in [2.45, 2.75) is 43.6 Å². The van der Waals surface area contributed by atoms with Gasteiger partial charge in [-0.25, -0.2) is 0 Å². The van der Waals surface area contributed by atoms with E-state index in [9.17, 15) is 0 Å². The minimum Gasteiger partial charge on any atom is -0.327 e. The molecule has 1 saturated heterocycles. The summed E-state index contributed by atoms with van der Waals surface area (Å²) < 4.78 is 0. The first kappa shape index (κ1) is 12.2. The molecule has 0 bridgehead atoms. The second-order valence-corrected chi connectivity index (χ2v) is 6.32. The molecular formula is C16H24N2. The first-order chi connectivity index (χ1) is 8.62. The second-order valence-electron chi connectivity index (χ2n) is 6.32. The van der Waals surface area contributed by atoms with E-state index in [0.717, 1.165) is 5.92 Å². The van der Waals surface area contributed by atoms with Gasteiger partial charge < -0.3 is 10.6 Å². The number of likely N-dealkylation sites (tertiary alicyclic amines) is 1. The topological polar surface area (TPSA) is 29.3 Å². The second kappa shape index (κ2) is 4.36. The lowest BCUT2D eigenvalue weighted by atomic mass is 9.86. The molecule has 2 N–H and O–H groups in total. The lowest BCUT2D eigenvalue weighted by Crippen LogP contribution is -2.31. The van der Waals surface area contributed by atoms with Gasteiger partial charge in [-0.3, -0.25) is 0 Å². The van der Waals surface area contributed by atoms with Crippen LogP contribution in [0, 0.1) is 0 Å². The molecule has 1 saturated carbocycles. The van der Waals surface area contributed by atoms with E-state index in [2.05, 4.69) is 43.1 Å². The van der Waals surface area contributed by atoms with Gasteiger partial charge in [0.2, 0.25) is 0 Å². The van der Waals surface area contributed by atoms with E-state index >= 15 is 0 Å². The molecule has 0 spiro atoms. The fraction of sp³-hybridized carbons (Fsp3) is 0.625. The van der Waals surface area contributed by atoms with Gasteiger partial charge in [0.15, 0.2) is 0 Å². The minimum absolute atomic E-state index is 0.277. The summed E-state index contributed by atoms with van der Waals surface area (Å²) in [4.78, 5) is 2.43. The molecule has 2 heteroatoms. The van der Waals surface area contributed by atoms with Gasteiger partial charge in [-0.15, -0.1) is 0 Å². The zero-order valence-corrected chi connectivity index (χ0v) is 11.5.